The second-order valence-electron chi connectivity index (χ2n) is 10.3. The van der Waals surface area contributed by atoms with Crippen molar-refractivity contribution in [1.82, 2.24) is 0 Å². The highest BCUT2D eigenvalue weighted by atomic mass is 32.2. The average Bonchev–Trinajstić information content (AvgIpc) is 2.94. The van der Waals surface area contributed by atoms with E-state index in [9.17, 15) is 33.7 Å². The lowest BCUT2D eigenvalue weighted by Crippen LogP contribution is -2.12. The van der Waals surface area contributed by atoms with Crippen molar-refractivity contribution < 1.29 is 59.9 Å². The minimum absolute atomic E-state index is 0.0100. The molecule has 4 aromatic carbocycles. The number of benzene rings is 4. The van der Waals surface area contributed by atoms with Crippen LogP contribution in [-0.2, 0) is 47.1 Å². The van der Waals surface area contributed by atoms with Gasteiger partial charge in [0.2, 0.25) is 0 Å². The summed E-state index contributed by atoms with van der Waals surface area (Å²) in [7, 11) is -15.4. The number of hydrogen-bond donors (Lipinski definition) is 0. The van der Waals surface area contributed by atoms with E-state index >= 15 is 0 Å². The molecule has 0 saturated carbocycles. The van der Waals surface area contributed by atoms with Gasteiger partial charge in [-0.2, -0.15) is 33.7 Å². The van der Waals surface area contributed by atoms with E-state index in [0.717, 1.165) is 30.6 Å². The standard InChI is InChI=1S/C30H30O14S4/c1-39-29-24(21-11-14-23(15-12-21)41-45(2,31)32)18-27(43-47(4,35)36)28(30(29)44-48(5,37)38)22-13-16-25(26(17-22)42-46(3,33)34)40-19-20-9-7-6-8-10-20/h6-18H,19H2,1-5H3. The van der Waals surface area contributed by atoms with E-state index in [1.54, 1.807) is 24.3 Å². The van der Waals surface area contributed by atoms with E-state index in [-0.39, 0.29) is 51.9 Å². The summed E-state index contributed by atoms with van der Waals surface area (Å²) < 4.78 is 130. The third-order valence-corrected chi connectivity index (χ3v) is 7.93. The lowest BCUT2D eigenvalue weighted by Gasteiger charge is -2.21. The molecule has 18 heteroatoms. The lowest BCUT2D eigenvalue weighted by atomic mass is 9.96. The largest absolute Gasteiger partial charge is 0.492 e. The molecule has 0 fully saturated rings. The van der Waals surface area contributed by atoms with Crippen LogP contribution in [0, 0.1) is 0 Å². The van der Waals surface area contributed by atoms with Crippen molar-refractivity contribution in [2.24, 2.45) is 0 Å². The van der Waals surface area contributed by atoms with E-state index in [4.69, 9.17) is 26.2 Å². The monoisotopic (exact) mass is 742 g/mol. The average molecular weight is 743 g/mol. The second kappa shape index (κ2) is 13.9. The molecule has 0 N–H and O–H groups in total. The molecular formula is C30H30O14S4. The van der Waals surface area contributed by atoms with E-state index in [1.807, 2.05) is 6.07 Å². The van der Waals surface area contributed by atoms with Crippen molar-refractivity contribution in [1.29, 1.82) is 0 Å². The Balaban J connectivity index is 2.00. The van der Waals surface area contributed by atoms with E-state index in [2.05, 4.69) is 0 Å². The highest BCUT2D eigenvalue weighted by Crippen LogP contribution is 2.52. The molecule has 4 aromatic rings. The maximum atomic E-state index is 12.6. The summed E-state index contributed by atoms with van der Waals surface area (Å²) >= 11 is 0. The molecule has 0 spiro atoms. The zero-order valence-electron chi connectivity index (χ0n) is 26.1. The van der Waals surface area contributed by atoms with Crippen LogP contribution in [0.5, 0.6) is 34.5 Å². The Morgan fingerprint density at radius 3 is 1.60 bits per heavy atom. The number of methoxy groups -OCH3 is 1. The molecule has 0 amide bonds. The first-order valence-electron chi connectivity index (χ1n) is 13.5. The van der Waals surface area contributed by atoms with Crippen molar-refractivity contribution >= 4 is 40.5 Å². The van der Waals surface area contributed by atoms with Crippen LogP contribution in [0.4, 0.5) is 0 Å². The summed E-state index contributed by atoms with van der Waals surface area (Å²) in [5.74, 6) is -1.52. The summed E-state index contributed by atoms with van der Waals surface area (Å²) in [5, 5.41) is 0. The first-order valence-corrected chi connectivity index (χ1v) is 20.7. The zero-order valence-corrected chi connectivity index (χ0v) is 29.3. The Bertz CT molecular complexity index is 2250. The van der Waals surface area contributed by atoms with Gasteiger partial charge in [-0.3, -0.25) is 0 Å². The van der Waals surface area contributed by atoms with Crippen LogP contribution < -0.4 is 26.2 Å². The minimum atomic E-state index is -4.34. The van der Waals surface area contributed by atoms with Gasteiger partial charge in [0, 0.05) is 5.56 Å². The first-order chi connectivity index (χ1) is 22.2. The van der Waals surface area contributed by atoms with Gasteiger partial charge in [0.25, 0.3) is 0 Å². The van der Waals surface area contributed by atoms with Crippen LogP contribution in [0.2, 0.25) is 0 Å². The van der Waals surface area contributed by atoms with Crippen LogP contribution >= 0.6 is 0 Å². The molecule has 0 aromatic heterocycles. The highest BCUT2D eigenvalue weighted by molar-refractivity contribution is 7.87. The summed E-state index contributed by atoms with van der Waals surface area (Å²) in [4.78, 5) is 0. The molecule has 0 saturated heterocycles. The predicted octanol–water partition coefficient (Wildman–Crippen LogP) is 3.96. The molecule has 0 bridgehead atoms. The van der Waals surface area contributed by atoms with Crippen molar-refractivity contribution in [3.63, 3.8) is 0 Å². The highest BCUT2D eigenvalue weighted by Gasteiger charge is 2.29. The fraction of sp³-hybridized carbons (Fsp3) is 0.200. The Kier molecular flexibility index (Phi) is 10.5. The lowest BCUT2D eigenvalue weighted by molar-refractivity contribution is 0.296. The number of ether oxygens (including phenoxy) is 2. The SMILES string of the molecule is COc1c(-c2ccc(OS(C)(=O)=O)cc2)cc(OS(C)(=O)=O)c(-c2ccc(OCc3ccccc3)c(OS(C)(=O)=O)c2)c1OS(C)(=O)=O. The number of rotatable bonds is 14. The molecule has 0 aliphatic carbocycles. The first kappa shape index (κ1) is 36.3. The summed E-state index contributed by atoms with van der Waals surface area (Å²) in [5.41, 5.74) is 0.827. The van der Waals surface area contributed by atoms with E-state index in [1.165, 1.54) is 55.6 Å². The zero-order chi connectivity index (χ0) is 35.5. The third kappa shape index (κ3) is 10.2. The van der Waals surface area contributed by atoms with Crippen LogP contribution in [0.3, 0.4) is 0 Å². The molecule has 0 aliphatic heterocycles. The second-order valence-corrected chi connectivity index (χ2v) is 16.6. The van der Waals surface area contributed by atoms with Crippen molar-refractivity contribution in [3.8, 4) is 56.8 Å². The third-order valence-electron chi connectivity index (χ3n) is 6.00. The molecule has 0 heterocycles. The molecule has 14 nitrogen and oxygen atoms in total. The normalized spacial score (nSPS) is 12.2. The molecule has 48 heavy (non-hydrogen) atoms. The minimum Gasteiger partial charge on any atom is -0.492 e. The Labute approximate surface area is 279 Å². The molecule has 0 aliphatic rings. The molecule has 4 rings (SSSR count). The Morgan fingerprint density at radius 2 is 1.06 bits per heavy atom. The molecule has 258 valence electrons. The van der Waals surface area contributed by atoms with Gasteiger partial charge in [-0.15, -0.1) is 0 Å². The van der Waals surface area contributed by atoms with Crippen LogP contribution in [0.15, 0.2) is 78.9 Å². The fourth-order valence-electron chi connectivity index (χ4n) is 4.38. The maximum absolute atomic E-state index is 12.6. The molecule has 0 radical (unpaired) electrons. The van der Waals surface area contributed by atoms with Gasteiger partial charge in [0.1, 0.15) is 12.4 Å². The summed E-state index contributed by atoms with van der Waals surface area (Å²) in [6.07, 6.45) is 3.17. The molecule has 0 atom stereocenters. The van der Waals surface area contributed by atoms with Crippen LogP contribution in [0.1, 0.15) is 5.56 Å². The fourth-order valence-corrected chi connectivity index (χ4v) is 6.21. The van der Waals surface area contributed by atoms with Gasteiger partial charge in [0.15, 0.2) is 28.7 Å². The Morgan fingerprint density at radius 1 is 0.521 bits per heavy atom. The smallest absolute Gasteiger partial charge is 0.306 e. The Hall–Kier alpha value is -4.52. The van der Waals surface area contributed by atoms with Gasteiger partial charge in [0.05, 0.1) is 37.7 Å². The van der Waals surface area contributed by atoms with E-state index in [0.29, 0.717) is 0 Å². The van der Waals surface area contributed by atoms with Crippen molar-refractivity contribution in [3.05, 3.63) is 84.4 Å². The topological polar surface area (TPSA) is 192 Å². The van der Waals surface area contributed by atoms with Gasteiger partial charge in [-0.1, -0.05) is 48.5 Å². The summed E-state index contributed by atoms with van der Waals surface area (Å²) in [6.45, 7) is 0.0295. The molecule has 0 unspecified atom stereocenters. The van der Waals surface area contributed by atoms with Gasteiger partial charge < -0.3 is 26.2 Å². The van der Waals surface area contributed by atoms with Crippen LogP contribution in [0.25, 0.3) is 22.3 Å². The van der Waals surface area contributed by atoms with Gasteiger partial charge in [-0.05, 0) is 47.0 Å². The predicted molar refractivity (Wildman–Crippen MR) is 177 cm³/mol. The summed E-state index contributed by atoms with van der Waals surface area (Å²) in [6, 6.07) is 19.5. The maximum Gasteiger partial charge on any atom is 0.306 e. The van der Waals surface area contributed by atoms with Crippen molar-refractivity contribution in [2.75, 3.05) is 32.1 Å². The quantitative estimate of drug-likeness (QED) is 0.169. The van der Waals surface area contributed by atoms with Gasteiger partial charge >= 0.3 is 40.5 Å². The number of hydrogen-bond acceptors (Lipinski definition) is 14. The van der Waals surface area contributed by atoms with Crippen LogP contribution in [-0.4, -0.2) is 65.8 Å². The van der Waals surface area contributed by atoms with Crippen molar-refractivity contribution in [2.45, 2.75) is 6.61 Å². The van der Waals surface area contributed by atoms with Gasteiger partial charge in [-0.25, -0.2) is 0 Å². The molecular weight excluding hydrogens is 713 g/mol. The van der Waals surface area contributed by atoms with E-state index < -0.39 is 52.0 Å².